The van der Waals surface area contributed by atoms with Gasteiger partial charge in [0.1, 0.15) is 22.3 Å². The predicted molar refractivity (Wildman–Crippen MR) is 117 cm³/mol. The van der Waals surface area contributed by atoms with Crippen LogP contribution in [0.2, 0.25) is 5.15 Å². The molecule has 2 fully saturated rings. The number of nitrogens with zero attached hydrogens (tertiary/aromatic N) is 3. The second-order valence-corrected chi connectivity index (χ2v) is 9.52. The van der Waals surface area contributed by atoms with Gasteiger partial charge in [-0.2, -0.15) is 0 Å². The molecule has 0 saturated carbocycles. The van der Waals surface area contributed by atoms with E-state index in [1.54, 1.807) is 18.2 Å². The molecule has 0 spiro atoms. The Bertz CT molecular complexity index is 1010. The fourth-order valence-corrected chi connectivity index (χ4v) is 4.71. The SMILES string of the molecule is COC(=O)c1ccc2c(N[C@H]3C[C@H]4CC[C@@H](C3)N4C(=O)OC(C)(C)C)nc(Cl)cc2n1. The third-order valence-electron chi connectivity index (χ3n) is 5.73. The molecule has 166 valence electrons. The van der Waals surface area contributed by atoms with Gasteiger partial charge in [0, 0.05) is 29.6 Å². The third-order valence-corrected chi connectivity index (χ3v) is 5.92. The summed E-state index contributed by atoms with van der Waals surface area (Å²) in [6.45, 7) is 5.66. The van der Waals surface area contributed by atoms with Gasteiger partial charge in [-0.15, -0.1) is 0 Å². The van der Waals surface area contributed by atoms with Crippen LogP contribution < -0.4 is 5.32 Å². The molecule has 2 aliphatic rings. The maximum absolute atomic E-state index is 12.7. The highest BCUT2D eigenvalue weighted by atomic mass is 35.5. The van der Waals surface area contributed by atoms with Crippen LogP contribution in [-0.4, -0.2) is 57.8 Å². The van der Waals surface area contributed by atoms with Crippen LogP contribution in [0.25, 0.3) is 10.9 Å². The summed E-state index contributed by atoms with van der Waals surface area (Å²) in [7, 11) is 1.32. The van der Waals surface area contributed by atoms with Gasteiger partial charge in [-0.3, -0.25) is 0 Å². The molecule has 3 atom stereocenters. The van der Waals surface area contributed by atoms with Crippen molar-refractivity contribution in [3.8, 4) is 0 Å². The number of esters is 1. The van der Waals surface area contributed by atoms with Crippen molar-refractivity contribution < 1.29 is 19.1 Å². The molecule has 9 heteroatoms. The van der Waals surface area contributed by atoms with Crippen LogP contribution >= 0.6 is 11.6 Å². The maximum atomic E-state index is 12.7. The Balaban J connectivity index is 1.53. The predicted octanol–water partition coefficient (Wildman–Crippen LogP) is 4.41. The van der Waals surface area contributed by atoms with Crippen molar-refractivity contribution in [1.29, 1.82) is 0 Å². The molecule has 0 unspecified atom stereocenters. The number of hydrogen-bond donors (Lipinski definition) is 1. The number of pyridine rings is 2. The fourth-order valence-electron chi connectivity index (χ4n) is 4.53. The molecule has 0 aromatic carbocycles. The van der Waals surface area contributed by atoms with E-state index in [0.29, 0.717) is 16.5 Å². The number of methoxy groups -OCH3 is 1. The Hall–Kier alpha value is -2.61. The molecule has 2 aliphatic heterocycles. The number of piperidine rings is 1. The molecular formula is C22H27ClN4O4. The van der Waals surface area contributed by atoms with Gasteiger partial charge in [0.05, 0.1) is 12.6 Å². The summed E-state index contributed by atoms with van der Waals surface area (Å²) in [4.78, 5) is 35.2. The van der Waals surface area contributed by atoms with E-state index in [0.717, 1.165) is 31.1 Å². The zero-order chi connectivity index (χ0) is 22.3. The van der Waals surface area contributed by atoms with Gasteiger partial charge in [-0.1, -0.05) is 11.6 Å². The van der Waals surface area contributed by atoms with Crippen molar-refractivity contribution in [1.82, 2.24) is 14.9 Å². The lowest BCUT2D eigenvalue weighted by Crippen LogP contribution is -2.51. The van der Waals surface area contributed by atoms with E-state index in [2.05, 4.69) is 15.3 Å². The van der Waals surface area contributed by atoms with Gasteiger partial charge in [0.15, 0.2) is 0 Å². The molecule has 1 N–H and O–H groups in total. The highest BCUT2D eigenvalue weighted by molar-refractivity contribution is 6.30. The summed E-state index contributed by atoms with van der Waals surface area (Å²) in [5.74, 6) is 0.122. The lowest BCUT2D eigenvalue weighted by Gasteiger charge is -2.39. The van der Waals surface area contributed by atoms with Gasteiger partial charge >= 0.3 is 12.1 Å². The number of nitrogens with one attached hydrogen (secondary N) is 1. The van der Waals surface area contributed by atoms with Crippen LogP contribution in [0.4, 0.5) is 10.6 Å². The van der Waals surface area contributed by atoms with Crippen LogP contribution in [0.15, 0.2) is 18.2 Å². The summed E-state index contributed by atoms with van der Waals surface area (Å²) in [6, 6.07) is 5.46. The number of aromatic nitrogens is 2. The summed E-state index contributed by atoms with van der Waals surface area (Å²) in [6.07, 6.45) is 3.31. The van der Waals surface area contributed by atoms with E-state index in [4.69, 9.17) is 21.1 Å². The number of carbonyl (C=O) groups excluding carboxylic acids is 2. The first kappa shape index (κ1) is 21.6. The molecule has 1 amide bonds. The van der Waals surface area contributed by atoms with Crippen molar-refractivity contribution in [2.24, 2.45) is 0 Å². The van der Waals surface area contributed by atoms with Crippen molar-refractivity contribution in [3.05, 3.63) is 29.0 Å². The number of ether oxygens (including phenoxy) is 2. The van der Waals surface area contributed by atoms with Crippen LogP contribution in [0.1, 0.15) is 56.9 Å². The standard InChI is InChI=1S/C22H27ClN4O4/c1-22(2,3)31-21(29)27-13-5-6-14(27)10-12(9-13)24-19-15-7-8-16(20(28)30-4)25-17(15)11-18(23)26-19/h7-8,11-14H,5-6,9-10H2,1-4H3,(H,24,26)/t12-,13+,14-. The lowest BCUT2D eigenvalue weighted by atomic mass is 9.97. The molecule has 0 radical (unpaired) electrons. The minimum absolute atomic E-state index is 0.139. The number of amides is 1. The first-order valence-corrected chi connectivity index (χ1v) is 10.9. The maximum Gasteiger partial charge on any atom is 0.410 e. The summed E-state index contributed by atoms with van der Waals surface area (Å²) in [5.41, 5.74) is 0.275. The third kappa shape index (κ3) is 4.54. The van der Waals surface area contributed by atoms with E-state index in [-0.39, 0.29) is 29.9 Å². The summed E-state index contributed by atoms with van der Waals surface area (Å²) < 4.78 is 10.4. The molecule has 2 bridgehead atoms. The van der Waals surface area contributed by atoms with Gasteiger partial charge in [-0.25, -0.2) is 19.6 Å². The van der Waals surface area contributed by atoms with Gasteiger partial charge in [-0.05, 0) is 58.6 Å². The molecule has 4 heterocycles. The average molecular weight is 447 g/mol. The normalized spacial score (nSPS) is 23.0. The van der Waals surface area contributed by atoms with Crippen molar-refractivity contribution in [3.63, 3.8) is 0 Å². The van der Waals surface area contributed by atoms with Gasteiger partial charge in [0.25, 0.3) is 0 Å². The quantitative estimate of drug-likeness (QED) is 0.551. The zero-order valence-electron chi connectivity index (χ0n) is 18.1. The number of halogens is 1. The Morgan fingerprint density at radius 2 is 1.84 bits per heavy atom. The van der Waals surface area contributed by atoms with E-state index < -0.39 is 11.6 Å². The first-order valence-electron chi connectivity index (χ1n) is 10.5. The second kappa shape index (κ2) is 8.15. The van der Waals surface area contributed by atoms with Crippen LogP contribution in [0.3, 0.4) is 0 Å². The molecular weight excluding hydrogens is 420 g/mol. The Kier molecular flexibility index (Phi) is 5.68. The van der Waals surface area contributed by atoms with Crippen molar-refractivity contribution >= 4 is 40.4 Å². The molecule has 8 nitrogen and oxygen atoms in total. The minimum atomic E-state index is -0.509. The summed E-state index contributed by atoms with van der Waals surface area (Å²) >= 11 is 6.23. The smallest absolute Gasteiger partial charge is 0.410 e. The second-order valence-electron chi connectivity index (χ2n) is 9.13. The number of fused-ring (bicyclic) bond motifs is 3. The Morgan fingerprint density at radius 3 is 2.45 bits per heavy atom. The molecule has 31 heavy (non-hydrogen) atoms. The van der Waals surface area contributed by atoms with E-state index in [1.165, 1.54) is 7.11 Å². The number of anilines is 1. The van der Waals surface area contributed by atoms with Crippen molar-refractivity contribution in [2.45, 2.75) is 70.2 Å². The zero-order valence-corrected chi connectivity index (χ0v) is 18.9. The van der Waals surface area contributed by atoms with E-state index in [9.17, 15) is 9.59 Å². The van der Waals surface area contributed by atoms with Gasteiger partial charge in [0.2, 0.25) is 0 Å². The van der Waals surface area contributed by atoms with Crippen LogP contribution in [0.5, 0.6) is 0 Å². The van der Waals surface area contributed by atoms with Crippen LogP contribution in [0, 0.1) is 0 Å². The monoisotopic (exact) mass is 446 g/mol. The fraction of sp³-hybridized carbons (Fsp3) is 0.545. The Labute approximate surface area is 186 Å². The van der Waals surface area contributed by atoms with Crippen molar-refractivity contribution in [2.75, 3.05) is 12.4 Å². The Morgan fingerprint density at radius 1 is 1.16 bits per heavy atom. The number of hydrogen-bond acceptors (Lipinski definition) is 7. The van der Waals surface area contributed by atoms with E-state index >= 15 is 0 Å². The van der Waals surface area contributed by atoms with Gasteiger partial charge < -0.3 is 19.7 Å². The van der Waals surface area contributed by atoms with Crippen LogP contribution in [-0.2, 0) is 9.47 Å². The minimum Gasteiger partial charge on any atom is -0.464 e. The molecule has 2 aromatic heterocycles. The summed E-state index contributed by atoms with van der Waals surface area (Å²) in [5, 5.41) is 4.57. The lowest BCUT2D eigenvalue weighted by molar-refractivity contribution is 0.00681. The largest absolute Gasteiger partial charge is 0.464 e. The highest BCUT2D eigenvalue weighted by Crippen LogP contribution is 2.38. The molecule has 2 aromatic rings. The molecule has 4 rings (SSSR count). The van der Waals surface area contributed by atoms with E-state index in [1.807, 2.05) is 25.7 Å². The highest BCUT2D eigenvalue weighted by Gasteiger charge is 2.45. The molecule has 2 saturated heterocycles. The number of rotatable bonds is 3. The topological polar surface area (TPSA) is 93.7 Å². The number of carbonyl (C=O) groups is 2. The first-order chi connectivity index (χ1) is 14.6. The molecule has 0 aliphatic carbocycles. The average Bonchev–Trinajstić information content (AvgIpc) is 2.96.